The molecule has 0 saturated carbocycles. The fourth-order valence-corrected chi connectivity index (χ4v) is 11.0. The van der Waals surface area contributed by atoms with Crippen molar-refractivity contribution in [2.75, 3.05) is 0 Å². The van der Waals surface area contributed by atoms with E-state index >= 15 is 0 Å². The molecule has 0 aliphatic rings. The van der Waals surface area contributed by atoms with Gasteiger partial charge in [0, 0.05) is 65.5 Å². The molecule has 0 radical (unpaired) electrons. The number of rotatable bonds is 6. The second kappa shape index (κ2) is 15.0. The predicted molar refractivity (Wildman–Crippen MR) is 285 cm³/mol. The Balaban J connectivity index is 1.03. The third kappa shape index (κ3) is 5.66. The molecule has 7 nitrogen and oxygen atoms in total. The van der Waals surface area contributed by atoms with Crippen molar-refractivity contribution in [1.82, 2.24) is 24.1 Å². The van der Waals surface area contributed by atoms with Gasteiger partial charge in [-0.25, -0.2) is 4.98 Å². The Morgan fingerprint density at radius 3 is 1.61 bits per heavy atom. The van der Waals surface area contributed by atoms with Gasteiger partial charge < -0.3 is 13.4 Å². The van der Waals surface area contributed by atoms with E-state index in [9.17, 15) is 0 Å². The summed E-state index contributed by atoms with van der Waals surface area (Å²) in [5, 5.41) is 8.57. The summed E-state index contributed by atoms with van der Waals surface area (Å²) in [5.41, 5.74) is 14.6. The van der Waals surface area contributed by atoms with E-state index in [4.69, 9.17) is 23.8 Å². The zero-order valence-corrected chi connectivity index (χ0v) is 37.4. The maximum absolute atomic E-state index is 6.73. The highest BCUT2D eigenvalue weighted by Crippen LogP contribution is 2.46. The van der Waals surface area contributed by atoms with E-state index in [-0.39, 0.29) is 0 Å². The number of hydrogen-bond acceptors (Lipinski definition) is 5. The minimum absolute atomic E-state index is 0.518. The van der Waals surface area contributed by atoms with E-state index in [0.29, 0.717) is 17.6 Å². The van der Waals surface area contributed by atoms with E-state index in [0.717, 1.165) is 121 Å². The number of aromatic nitrogens is 5. The quantitative estimate of drug-likeness (QED) is 0.166. The summed E-state index contributed by atoms with van der Waals surface area (Å²) in [4.78, 5) is 16.3. The first kappa shape index (κ1) is 38.5. The number of hydrogen-bond donors (Lipinski definition) is 0. The molecule has 0 bridgehead atoms. The van der Waals surface area contributed by atoms with Gasteiger partial charge in [-0.05, 0) is 71.3 Å². The molecule has 326 valence electrons. The van der Waals surface area contributed by atoms with E-state index in [1.54, 1.807) is 0 Å². The lowest BCUT2D eigenvalue weighted by Crippen LogP contribution is -2.07. The Morgan fingerprint density at radius 1 is 0.314 bits per heavy atom. The largest absolute Gasteiger partial charge is 0.456 e. The Kier molecular flexibility index (Phi) is 8.23. The molecule has 0 atom stereocenters. The van der Waals surface area contributed by atoms with E-state index in [1.165, 1.54) is 5.39 Å². The van der Waals surface area contributed by atoms with Crippen LogP contribution in [0.3, 0.4) is 0 Å². The van der Waals surface area contributed by atoms with Gasteiger partial charge in [-0.1, -0.05) is 170 Å². The standard InChI is InChI=1S/C63H37N5O2/c1-4-17-38(18-5-1)42-34-36-55-58(47-25-12-15-29-52(47)69-55)56(42)40-31-35-53-49(37-40)57-48(26-16-30-54(57)70-53)62-64-61(39-19-6-2-7-20-39)65-63(66-62)68-51-28-14-11-24-44(51)46-33-32-45-43-23-10-13-27-50(43)67(59(45)60(46)68)41-21-8-3-9-22-41/h1-37H. The van der Waals surface area contributed by atoms with Gasteiger partial charge in [0.25, 0.3) is 0 Å². The van der Waals surface area contributed by atoms with Crippen molar-refractivity contribution in [1.29, 1.82) is 0 Å². The van der Waals surface area contributed by atoms with E-state index in [2.05, 4.69) is 191 Å². The summed E-state index contributed by atoms with van der Waals surface area (Å²) in [6.07, 6.45) is 0. The van der Waals surface area contributed by atoms with Crippen LogP contribution >= 0.6 is 0 Å². The van der Waals surface area contributed by atoms with Crippen LogP contribution in [-0.4, -0.2) is 24.1 Å². The minimum Gasteiger partial charge on any atom is -0.456 e. The van der Waals surface area contributed by atoms with Gasteiger partial charge in [-0.15, -0.1) is 0 Å². The van der Waals surface area contributed by atoms with Crippen LogP contribution in [0.25, 0.3) is 144 Å². The lowest BCUT2D eigenvalue weighted by atomic mass is 9.90. The second-order valence-electron chi connectivity index (χ2n) is 17.9. The van der Waals surface area contributed by atoms with Crippen LogP contribution in [0.15, 0.2) is 233 Å². The number of benzene rings is 10. The average molecular weight is 896 g/mol. The maximum atomic E-state index is 6.73. The predicted octanol–water partition coefficient (Wildman–Crippen LogP) is 16.5. The highest BCUT2D eigenvalue weighted by Gasteiger charge is 2.25. The Bertz CT molecular complexity index is 4580. The molecule has 0 spiro atoms. The molecule has 0 amide bonds. The molecule has 0 N–H and O–H groups in total. The number of furan rings is 2. The molecular weight excluding hydrogens is 859 g/mol. The van der Waals surface area contributed by atoms with Crippen LogP contribution in [0.5, 0.6) is 0 Å². The van der Waals surface area contributed by atoms with Gasteiger partial charge in [0.15, 0.2) is 11.6 Å². The average Bonchev–Trinajstić information content (AvgIpc) is 4.19. The third-order valence-corrected chi connectivity index (χ3v) is 14.0. The highest BCUT2D eigenvalue weighted by atomic mass is 16.3. The number of para-hydroxylation sites is 4. The summed E-state index contributed by atoms with van der Waals surface area (Å²) >= 11 is 0. The Morgan fingerprint density at radius 2 is 0.871 bits per heavy atom. The molecule has 15 rings (SSSR count). The van der Waals surface area contributed by atoms with Crippen molar-refractivity contribution in [2.24, 2.45) is 0 Å². The fourth-order valence-electron chi connectivity index (χ4n) is 11.0. The number of nitrogens with zero attached hydrogens (tertiary/aromatic N) is 5. The van der Waals surface area contributed by atoms with E-state index in [1.807, 2.05) is 42.5 Å². The lowest BCUT2D eigenvalue weighted by Gasteiger charge is -2.14. The molecule has 0 fully saturated rings. The van der Waals surface area contributed by atoms with Crippen molar-refractivity contribution >= 4 is 87.5 Å². The van der Waals surface area contributed by atoms with Gasteiger partial charge in [0.05, 0.1) is 22.1 Å². The minimum atomic E-state index is 0.518. The van der Waals surface area contributed by atoms with Crippen LogP contribution in [0.2, 0.25) is 0 Å². The van der Waals surface area contributed by atoms with Crippen LogP contribution < -0.4 is 0 Å². The van der Waals surface area contributed by atoms with Crippen LogP contribution in [0.1, 0.15) is 0 Å². The zero-order valence-electron chi connectivity index (χ0n) is 37.4. The molecule has 0 unspecified atom stereocenters. The molecule has 7 heteroatoms. The molecule has 0 aliphatic carbocycles. The molecule has 5 aromatic heterocycles. The lowest BCUT2D eigenvalue weighted by molar-refractivity contribution is 0.669. The summed E-state index contributed by atoms with van der Waals surface area (Å²) < 4.78 is 17.9. The summed E-state index contributed by atoms with van der Waals surface area (Å²) in [5.74, 6) is 1.62. The van der Waals surface area contributed by atoms with Gasteiger partial charge >= 0.3 is 0 Å². The summed E-state index contributed by atoms with van der Waals surface area (Å²) in [6.45, 7) is 0. The fraction of sp³-hybridized carbons (Fsp3) is 0. The number of fused-ring (bicyclic) bond motifs is 13. The molecular formula is C63H37N5O2. The monoisotopic (exact) mass is 895 g/mol. The van der Waals surface area contributed by atoms with Crippen LogP contribution in [0, 0.1) is 0 Å². The molecule has 0 aliphatic heterocycles. The van der Waals surface area contributed by atoms with Gasteiger partial charge in [0.2, 0.25) is 5.95 Å². The summed E-state index contributed by atoms with van der Waals surface area (Å²) in [6, 6.07) is 78.4. The van der Waals surface area contributed by atoms with Crippen molar-refractivity contribution < 1.29 is 8.83 Å². The van der Waals surface area contributed by atoms with Crippen molar-refractivity contribution in [3.63, 3.8) is 0 Å². The first-order valence-corrected chi connectivity index (χ1v) is 23.5. The van der Waals surface area contributed by atoms with Crippen molar-refractivity contribution in [2.45, 2.75) is 0 Å². The van der Waals surface area contributed by atoms with E-state index < -0.39 is 0 Å². The van der Waals surface area contributed by atoms with Crippen molar-refractivity contribution in [3.8, 4) is 56.7 Å². The van der Waals surface area contributed by atoms with Gasteiger partial charge in [0.1, 0.15) is 22.3 Å². The van der Waals surface area contributed by atoms with Crippen molar-refractivity contribution in [3.05, 3.63) is 224 Å². The van der Waals surface area contributed by atoms with Gasteiger partial charge in [-0.3, -0.25) is 4.57 Å². The molecule has 5 heterocycles. The normalized spacial score (nSPS) is 12.0. The summed E-state index contributed by atoms with van der Waals surface area (Å²) in [7, 11) is 0. The van der Waals surface area contributed by atoms with Crippen LogP contribution in [-0.2, 0) is 0 Å². The zero-order chi connectivity index (χ0) is 45.9. The highest BCUT2D eigenvalue weighted by molar-refractivity contribution is 6.24. The van der Waals surface area contributed by atoms with Gasteiger partial charge in [-0.2, -0.15) is 9.97 Å². The molecule has 10 aromatic carbocycles. The third-order valence-electron chi connectivity index (χ3n) is 14.0. The van der Waals surface area contributed by atoms with Crippen LogP contribution in [0.4, 0.5) is 0 Å². The SMILES string of the molecule is c1ccc(-c2nc(-c3cccc4oc5ccc(-c6c(-c7ccccc7)ccc7oc8ccccc8c67)cc5c34)nc(-n3c4ccccc4c4ccc5c6ccccc6n(-c6ccccc6)c5c43)n2)cc1. The Labute approximate surface area is 399 Å². The Hall–Kier alpha value is -9.59. The molecule has 0 saturated heterocycles. The topological polar surface area (TPSA) is 74.8 Å². The molecule has 70 heavy (non-hydrogen) atoms. The smallest absolute Gasteiger partial charge is 0.238 e. The first-order valence-electron chi connectivity index (χ1n) is 23.5. The maximum Gasteiger partial charge on any atom is 0.238 e. The second-order valence-corrected chi connectivity index (χ2v) is 17.9. The molecule has 15 aromatic rings. The first-order chi connectivity index (χ1) is 34.7.